The molecule has 0 aliphatic heterocycles. The number of aryl methyl sites for hydroxylation is 1. The van der Waals surface area contributed by atoms with Crippen molar-refractivity contribution in [2.24, 2.45) is 0 Å². The van der Waals surface area contributed by atoms with E-state index in [-0.39, 0.29) is 4.90 Å². The van der Waals surface area contributed by atoms with Gasteiger partial charge < -0.3 is 4.74 Å². The molecule has 0 saturated heterocycles. The first-order valence-corrected chi connectivity index (χ1v) is 11.8. The first-order valence-electron chi connectivity index (χ1n) is 10.3. The van der Waals surface area contributed by atoms with Crippen molar-refractivity contribution in [3.05, 3.63) is 54.1 Å². The van der Waals surface area contributed by atoms with E-state index in [0.717, 1.165) is 24.2 Å². The maximum Gasteiger partial charge on any atom is 0.294 e. The zero-order chi connectivity index (χ0) is 20.2. The summed E-state index contributed by atoms with van der Waals surface area (Å²) in [6, 6.07) is 13.8. The third-order valence-electron chi connectivity index (χ3n) is 4.85. The maximum atomic E-state index is 11.3. The van der Waals surface area contributed by atoms with Gasteiger partial charge in [-0.05, 0) is 36.6 Å². The van der Waals surface area contributed by atoms with Crippen LogP contribution < -0.4 is 4.74 Å². The lowest BCUT2D eigenvalue weighted by Crippen LogP contribution is -1.98. The topological polar surface area (TPSA) is 63.6 Å². The SMILES string of the molecule is CCCCCCCCCCCc1ccccc1Oc1cccc(S(=O)(=O)O)c1. The molecule has 0 unspecified atom stereocenters. The van der Waals surface area contributed by atoms with Crippen LogP contribution in [0.2, 0.25) is 0 Å². The molecule has 28 heavy (non-hydrogen) atoms. The Labute approximate surface area is 169 Å². The highest BCUT2D eigenvalue weighted by molar-refractivity contribution is 7.85. The standard InChI is InChI=1S/C23H32O4S/c1-2-3-4-5-6-7-8-9-10-14-20-15-11-12-18-23(20)27-21-16-13-17-22(19-21)28(24,25)26/h11-13,15-19H,2-10,14H2,1H3,(H,24,25,26). The van der Waals surface area contributed by atoms with Crippen LogP contribution in [-0.2, 0) is 16.5 Å². The van der Waals surface area contributed by atoms with Crippen LogP contribution in [0.25, 0.3) is 0 Å². The van der Waals surface area contributed by atoms with Crippen LogP contribution in [-0.4, -0.2) is 13.0 Å². The molecule has 0 fully saturated rings. The highest BCUT2D eigenvalue weighted by Gasteiger charge is 2.11. The summed E-state index contributed by atoms with van der Waals surface area (Å²) in [5.41, 5.74) is 1.11. The average Bonchev–Trinajstić information content (AvgIpc) is 2.67. The summed E-state index contributed by atoms with van der Waals surface area (Å²) in [5, 5.41) is 0. The Morgan fingerprint density at radius 3 is 2.14 bits per heavy atom. The van der Waals surface area contributed by atoms with Gasteiger partial charge in [0, 0.05) is 6.07 Å². The lowest BCUT2D eigenvalue weighted by Gasteiger charge is -2.12. The lowest BCUT2D eigenvalue weighted by atomic mass is 10.0. The van der Waals surface area contributed by atoms with Gasteiger partial charge in [-0.2, -0.15) is 8.42 Å². The molecular weight excluding hydrogens is 372 g/mol. The molecule has 0 saturated carbocycles. The van der Waals surface area contributed by atoms with Gasteiger partial charge in [0.1, 0.15) is 11.5 Å². The largest absolute Gasteiger partial charge is 0.457 e. The summed E-state index contributed by atoms with van der Waals surface area (Å²) < 4.78 is 37.7. The third kappa shape index (κ3) is 8.03. The van der Waals surface area contributed by atoms with Crippen molar-refractivity contribution in [1.82, 2.24) is 0 Å². The molecule has 2 rings (SSSR count). The molecule has 0 spiro atoms. The molecule has 0 aliphatic rings. The number of rotatable bonds is 13. The van der Waals surface area contributed by atoms with Gasteiger partial charge in [-0.1, -0.05) is 82.6 Å². The number of unbranched alkanes of at least 4 members (excludes halogenated alkanes) is 8. The number of hydrogen-bond donors (Lipinski definition) is 1. The van der Waals surface area contributed by atoms with Gasteiger partial charge in [0.25, 0.3) is 10.1 Å². The van der Waals surface area contributed by atoms with Crippen molar-refractivity contribution in [3.63, 3.8) is 0 Å². The van der Waals surface area contributed by atoms with E-state index in [0.29, 0.717) is 5.75 Å². The van der Waals surface area contributed by atoms with E-state index in [2.05, 4.69) is 6.92 Å². The third-order valence-corrected chi connectivity index (χ3v) is 5.70. The van der Waals surface area contributed by atoms with Gasteiger partial charge in [0.15, 0.2) is 0 Å². The fourth-order valence-electron chi connectivity index (χ4n) is 3.26. The smallest absolute Gasteiger partial charge is 0.294 e. The molecule has 0 amide bonds. The van der Waals surface area contributed by atoms with Crippen molar-refractivity contribution in [2.45, 2.75) is 76.0 Å². The molecular formula is C23H32O4S. The normalized spacial score (nSPS) is 11.5. The minimum Gasteiger partial charge on any atom is -0.457 e. The molecule has 4 nitrogen and oxygen atoms in total. The zero-order valence-electron chi connectivity index (χ0n) is 16.8. The predicted molar refractivity (Wildman–Crippen MR) is 114 cm³/mol. The van der Waals surface area contributed by atoms with E-state index in [4.69, 9.17) is 4.74 Å². The minimum atomic E-state index is -4.24. The summed E-state index contributed by atoms with van der Waals surface area (Å²) >= 11 is 0. The lowest BCUT2D eigenvalue weighted by molar-refractivity contribution is 0.466. The number of hydrogen-bond acceptors (Lipinski definition) is 3. The minimum absolute atomic E-state index is 0.165. The first kappa shape index (κ1) is 22.4. The van der Waals surface area contributed by atoms with Crippen molar-refractivity contribution in [3.8, 4) is 11.5 Å². The molecule has 0 atom stereocenters. The van der Waals surface area contributed by atoms with Crippen LogP contribution >= 0.6 is 0 Å². The molecule has 0 radical (unpaired) electrons. The fourth-order valence-corrected chi connectivity index (χ4v) is 3.78. The molecule has 1 N–H and O–H groups in total. The Bertz CT molecular complexity index is 815. The monoisotopic (exact) mass is 404 g/mol. The molecule has 0 aromatic heterocycles. The van der Waals surface area contributed by atoms with Crippen molar-refractivity contribution < 1.29 is 17.7 Å². The summed E-state index contributed by atoms with van der Waals surface area (Å²) in [5.74, 6) is 1.13. The first-order chi connectivity index (χ1) is 13.5. The molecule has 5 heteroatoms. The van der Waals surface area contributed by atoms with Gasteiger partial charge in [-0.25, -0.2) is 0 Å². The van der Waals surface area contributed by atoms with Crippen molar-refractivity contribution in [1.29, 1.82) is 0 Å². The van der Waals surface area contributed by atoms with Gasteiger partial charge in [-0.15, -0.1) is 0 Å². The Morgan fingerprint density at radius 2 is 1.46 bits per heavy atom. The van der Waals surface area contributed by atoms with Crippen molar-refractivity contribution in [2.75, 3.05) is 0 Å². The highest BCUT2D eigenvalue weighted by Crippen LogP contribution is 2.28. The molecule has 2 aromatic carbocycles. The van der Waals surface area contributed by atoms with Gasteiger partial charge in [0.05, 0.1) is 4.90 Å². The van der Waals surface area contributed by atoms with Crippen LogP contribution in [0.3, 0.4) is 0 Å². The van der Waals surface area contributed by atoms with Crippen LogP contribution in [0.4, 0.5) is 0 Å². The second kappa shape index (κ2) is 11.9. The summed E-state index contributed by atoms with van der Waals surface area (Å²) in [7, 11) is -4.24. The second-order valence-corrected chi connectivity index (χ2v) is 8.66. The van der Waals surface area contributed by atoms with Crippen LogP contribution in [0.1, 0.15) is 70.3 Å². The van der Waals surface area contributed by atoms with Crippen LogP contribution in [0.15, 0.2) is 53.4 Å². The molecule has 0 bridgehead atoms. The maximum absolute atomic E-state index is 11.3. The quantitative estimate of drug-likeness (QED) is 0.294. The Hall–Kier alpha value is -1.85. The number of para-hydroxylation sites is 1. The summed E-state index contributed by atoms with van der Waals surface area (Å²) in [6.07, 6.45) is 12.5. The van der Waals surface area contributed by atoms with E-state index in [1.807, 2.05) is 24.3 Å². The summed E-state index contributed by atoms with van der Waals surface area (Å²) in [4.78, 5) is -0.165. The van der Waals surface area contributed by atoms with Gasteiger partial charge >= 0.3 is 0 Å². The van der Waals surface area contributed by atoms with E-state index in [9.17, 15) is 13.0 Å². The van der Waals surface area contributed by atoms with Gasteiger partial charge in [-0.3, -0.25) is 4.55 Å². The predicted octanol–water partition coefficient (Wildman–Crippen LogP) is 6.80. The Morgan fingerprint density at radius 1 is 0.821 bits per heavy atom. The summed E-state index contributed by atoms with van der Waals surface area (Å²) in [6.45, 7) is 2.24. The average molecular weight is 405 g/mol. The van der Waals surface area contributed by atoms with E-state index < -0.39 is 10.1 Å². The number of benzene rings is 2. The van der Waals surface area contributed by atoms with Crippen LogP contribution in [0.5, 0.6) is 11.5 Å². The zero-order valence-corrected chi connectivity index (χ0v) is 17.6. The second-order valence-electron chi connectivity index (χ2n) is 7.24. The molecule has 2 aromatic rings. The van der Waals surface area contributed by atoms with E-state index >= 15 is 0 Å². The molecule has 154 valence electrons. The van der Waals surface area contributed by atoms with Gasteiger partial charge in [0.2, 0.25) is 0 Å². The molecule has 0 aliphatic carbocycles. The molecule has 0 heterocycles. The highest BCUT2D eigenvalue weighted by atomic mass is 32.2. The Kier molecular flexibility index (Phi) is 9.51. The Balaban J connectivity index is 1.83. The van der Waals surface area contributed by atoms with E-state index in [1.165, 1.54) is 63.5 Å². The van der Waals surface area contributed by atoms with Crippen LogP contribution in [0, 0.1) is 0 Å². The number of ether oxygens (including phenoxy) is 1. The van der Waals surface area contributed by atoms with Crippen molar-refractivity contribution >= 4 is 10.1 Å². The van der Waals surface area contributed by atoms with E-state index in [1.54, 1.807) is 12.1 Å². The fraction of sp³-hybridized carbons (Fsp3) is 0.478.